The second-order valence-electron chi connectivity index (χ2n) is 7.15. The number of urea groups is 1. The van der Waals surface area contributed by atoms with Crippen molar-refractivity contribution in [3.63, 3.8) is 0 Å². The van der Waals surface area contributed by atoms with Crippen LogP contribution in [0, 0.1) is 0 Å². The quantitative estimate of drug-likeness (QED) is 0.656. The molecule has 1 atom stereocenters. The van der Waals surface area contributed by atoms with Gasteiger partial charge in [0.2, 0.25) is 0 Å². The summed E-state index contributed by atoms with van der Waals surface area (Å²) in [6, 6.07) is 13.1. The first-order valence-electron chi connectivity index (χ1n) is 10.1. The zero-order valence-corrected chi connectivity index (χ0v) is 17.0. The van der Waals surface area contributed by atoms with Gasteiger partial charge in [-0.1, -0.05) is 36.4 Å². The van der Waals surface area contributed by atoms with E-state index >= 15 is 0 Å². The van der Waals surface area contributed by atoms with Crippen molar-refractivity contribution in [1.82, 2.24) is 25.2 Å². The third-order valence-electron chi connectivity index (χ3n) is 5.14. The molecule has 8 heteroatoms. The number of morpholine rings is 1. The Labute approximate surface area is 175 Å². The molecule has 1 unspecified atom stereocenters. The van der Waals surface area contributed by atoms with Crippen LogP contribution in [0.1, 0.15) is 23.0 Å². The highest BCUT2D eigenvalue weighted by atomic mass is 16.5. The summed E-state index contributed by atoms with van der Waals surface area (Å²) in [7, 11) is 1.92. The number of aromatic nitrogens is 3. The fourth-order valence-corrected chi connectivity index (χ4v) is 3.58. The molecule has 3 heterocycles. The van der Waals surface area contributed by atoms with Gasteiger partial charge in [0.15, 0.2) is 0 Å². The Balaban J connectivity index is 1.46. The molecule has 2 N–H and O–H groups in total. The smallest absolute Gasteiger partial charge is 0.315 e. The number of nitrogens with one attached hydrogen (secondary N) is 2. The average molecular weight is 406 g/mol. The molecule has 1 saturated heterocycles. The molecule has 0 aliphatic carbocycles. The zero-order valence-electron chi connectivity index (χ0n) is 17.0. The molecule has 1 fully saturated rings. The van der Waals surface area contributed by atoms with Gasteiger partial charge < -0.3 is 24.8 Å². The van der Waals surface area contributed by atoms with Crippen molar-refractivity contribution < 1.29 is 9.53 Å². The number of pyridine rings is 1. The van der Waals surface area contributed by atoms with Gasteiger partial charge in [-0.25, -0.2) is 14.8 Å². The first-order chi connectivity index (χ1) is 14.7. The van der Waals surface area contributed by atoms with Crippen LogP contribution < -0.4 is 15.5 Å². The van der Waals surface area contributed by atoms with E-state index in [1.54, 1.807) is 12.4 Å². The fraction of sp³-hybridized carbons (Fsp3) is 0.318. The predicted octanol–water partition coefficient (Wildman–Crippen LogP) is 2.24. The van der Waals surface area contributed by atoms with Gasteiger partial charge in [0.05, 0.1) is 13.2 Å². The topological polar surface area (TPSA) is 84.3 Å². The maximum absolute atomic E-state index is 12.8. The van der Waals surface area contributed by atoms with Gasteiger partial charge in [-0.2, -0.15) is 0 Å². The molecule has 0 bridgehead atoms. The van der Waals surface area contributed by atoms with Crippen LogP contribution in [0.15, 0.2) is 61.1 Å². The maximum atomic E-state index is 12.8. The summed E-state index contributed by atoms with van der Waals surface area (Å²) in [6.07, 6.45) is 5.38. The lowest BCUT2D eigenvalue weighted by atomic mass is 10.1. The van der Waals surface area contributed by atoms with E-state index < -0.39 is 0 Å². The second-order valence-corrected chi connectivity index (χ2v) is 7.15. The number of imidazole rings is 1. The number of nitrogens with zero attached hydrogens (tertiary/aromatic N) is 4. The van der Waals surface area contributed by atoms with Crippen molar-refractivity contribution in [2.24, 2.45) is 7.05 Å². The number of hydrogen-bond donors (Lipinski definition) is 2. The molecular formula is C22H26N6O2. The lowest BCUT2D eigenvalue weighted by Crippen LogP contribution is -2.40. The molecule has 156 valence electrons. The molecule has 2 amide bonds. The van der Waals surface area contributed by atoms with Crippen molar-refractivity contribution in [2.45, 2.75) is 12.6 Å². The monoisotopic (exact) mass is 406 g/mol. The summed E-state index contributed by atoms with van der Waals surface area (Å²) in [4.78, 5) is 23.9. The third kappa shape index (κ3) is 4.60. The SMILES string of the molecule is Cn1ccnc1C(NC(=O)NCc1cccnc1N1CCOCC1)c1ccccc1. The van der Waals surface area contributed by atoms with Crippen LogP contribution >= 0.6 is 0 Å². The van der Waals surface area contributed by atoms with Crippen molar-refractivity contribution in [3.05, 3.63) is 78.0 Å². The number of benzene rings is 1. The summed E-state index contributed by atoms with van der Waals surface area (Å²) in [5, 5.41) is 6.03. The van der Waals surface area contributed by atoms with Crippen molar-refractivity contribution in [2.75, 3.05) is 31.2 Å². The second kappa shape index (κ2) is 9.41. The molecular weight excluding hydrogens is 380 g/mol. The lowest BCUT2D eigenvalue weighted by molar-refractivity contribution is 0.122. The van der Waals surface area contributed by atoms with Crippen LogP contribution in [-0.2, 0) is 18.3 Å². The number of rotatable bonds is 6. The summed E-state index contributed by atoms with van der Waals surface area (Å²) in [6.45, 7) is 3.35. The molecule has 8 nitrogen and oxygen atoms in total. The molecule has 0 spiro atoms. The normalized spacial score (nSPS) is 14.9. The molecule has 1 aliphatic rings. The molecule has 0 saturated carbocycles. The molecule has 30 heavy (non-hydrogen) atoms. The summed E-state index contributed by atoms with van der Waals surface area (Å²) in [5.74, 6) is 1.66. The summed E-state index contributed by atoms with van der Waals surface area (Å²) in [5.41, 5.74) is 1.94. The predicted molar refractivity (Wildman–Crippen MR) is 114 cm³/mol. The number of carbonyl (C=O) groups is 1. The van der Waals surface area contributed by atoms with Crippen LogP contribution in [0.2, 0.25) is 0 Å². The van der Waals surface area contributed by atoms with Gasteiger partial charge >= 0.3 is 6.03 Å². The van der Waals surface area contributed by atoms with Gasteiger partial charge in [-0.3, -0.25) is 0 Å². The number of hydrogen-bond acceptors (Lipinski definition) is 5. The summed E-state index contributed by atoms with van der Waals surface area (Å²) >= 11 is 0. The van der Waals surface area contributed by atoms with E-state index in [0.29, 0.717) is 19.8 Å². The third-order valence-corrected chi connectivity index (χ3v) is 5.14. The first-order valence-corrected chi connectivity index (χ1v) is 10.1. The van der Waals surface area contributed by atoms with Crippen LogP contribution in [0.3, 0.4) is 0 Å². The molecule has 3 aromatic rings. The highest BCUT2D eigenvalue weighted by Gasteiger charge is 2.21. The van der Waals surface area contributed by atoms with Crippen molar-refractivity contribution >= 4 is 11.8 Å². The number of anilines is 1. The van der Waals surface area contributed by atoms with Crippen molar-refractivity contribution in [3.8, 4) is 0 Å². The Bertz CT molecular complexity index is 969. The first kappa shape index (κ1) is 19.9. The molecule has 1 aromatic carbocycles. The average Bonchev–Trinajstić information content (AvgIpc) is 3.23. The van der Waals surface area contributed by atoms with Gasteiger partial charge in [-0.05, 0) is 11.6 Å². The Hall–Kier alpha value is -3.39. The highest BCUT2D eigenvalue weighted by molar-refractivity contribution is 5.75. The minimum Gasteiger partial charge on any atom is -0.378 e. The summed E-state index contributed by atoms with van der Waals surface area (Å²) < 4.78 is 7.35. The maximum Gasteiger partial charge on any atom is 0.315 e. The minimum atomic E-state index is -0.348. The van der Waals surface area contributed by atoms with Crippen LogP contribution in [-0.4, -0.2) is 46.9 Å². The van der Waals surface area contributed by atoms with E-state index in [2.05, 4.69) is 25.5 Å². The molecule has 2 aromatic heterocycles. The van der Waals surface area contributed by atoms with Crippen LogP contribution in [0.5, 0.6) is 0 Å². The van der Waals surface area contributed by atoms with Gasteiger partial charge in [0.1, 0.15) is 17.7 Å². The molecule has 4 rings (SSSR count). The Morgan fingerprint density at radius 3 is 2.63 bits per heavy atom. The number of carbonyl (C=O) groups excluding carboxylic acids is 1. The van der Waals surface area contributed by atoms with Gasteiger partial charge in [0.25, 0.3) is 0 Å². The number of amides is 2. The standard InChI is InChI=1S/C22H26N6O2/c1-27-11-10-24-21(27)19(17-6-3-2-4-7-17)26-22(29)25-16-18-8-5-9-23-20(18)28-12-14-30-15-13-28/h2-11,19H,12-16H2,1H3,(H2,25,26,29). The lowest BCUT2D eigenvalue weighted by Gasteiger charge is -2.29. The highest BCUT2D eigenvalue weighted by Crippen LogP contribution is 2.21. The van der Waals surface area contributed by atoms with Gasteiger partial charge in [0, 0.05) is 50.8 Å². The molecule has 0 radical (unpaired) electrons. The fourth-order valence-electron chi connectivity index (χ4n) is 3.58. The number of aryl methyl sites for hydroxylation is 1. The largest absolute Gasteiger partial charge is 0.378 e. The Morgan fingerprint density at radius 2 is 1.90 bits per heavy atom. The minimum absolute atomic E-state index is 0.261. The van der Waals surface area contributed by atoms with E-state index in [9.17, 15) is 4.79 Å². The zero-order chi connectivity index (χ0) is 20.8. The van der Waals surface area contributed by atoms with Crippen LogP contribution in [0.25, 0.3) is 0 Å². The van der Waals surface area contributed by atoms with Crippen molar-refractivity contribution in [1.29, 1.82) is 0 Å². The van der Waals surface area contributed by atoms with Crippen LogP contribution in [0.4, 0.5) is 10.6 Å². The molecule has 1 aliphatic heterocycles. The van der Waals surface area contributed by atoms with E-state index in [1.807, 2.05) is 60.3 Å². The number of ether oxygens (including phenoxy) is 1. The van der Waals surface area contributed by atoms with Gasteiger partial charge in [-0.15, -0.1) is 0 Å². The van der Waals surface area contributed by atoms with E-state index in [4.69, 9.17) is 4.74 Å². The van der Waals surface area contributed by atoms with E-state index in [-0.39, 0.29) is 12.1 Å². The Kier molecular flexibility index (Phi) is 6.24. The van der Waals surface area contributed by atoms with E-state index in [0.717, 1.165) is 35.9 Å². The van der Waals surface area contributed by atoms with E-state index in [1.165, 1.54) is 0 Å². The Morgan fingerprint density at radius 1 is 1.10 bits per heavy atom.